The first-order valence-corrected chi connectivity index (χ1v) is 10.9. The van der Waals surface area contributed by atoms with Crippen molar-refractivity contribution >= 4 is 40.3 Å². The highest BCUT2D eigenvalue weighted by molar-refractivity contribution is 7.99. The maximum absolute atomic E-state index is 9.80. The van der Waals surface area contributed by atoms with E-state index in [1.54, 1.807) is 23.2 Å². The van der Waals surface area contributed by atoms with Gasteiger partial charge in [0.25, 0.3) is 0 Å². The van der Waals surface area contributed by atoms with Crippen LogP contribution in [0.2, 0.25) is 0 Å². The number of nitrogens with one attached hydrogen (secondary N) is 1. The highest BCUT2D eigenvalue weighted by Gasteiger charge is 2.37. The SMILES string of the molecule is N#C/C(=C/c1ccc(Sc2nc3ccccc3[nH]2)o1)C1=NN(c2ccccc2)[C@@H](N)[C@H]1C#N. The molecule has 4 aromatic rings. The van der Waals surface area contributed by atoms with Gasteiger partial charge in [0.1, 0.15) is 23.9 Å². The van der Waals surface area contributed by atoms with Crippen LogP contribution in [0.5, 0.6) is 0 Å². The van der Waals surface area contributed by atoms with E-state index >= 15 is 0 Å². The Morgan fingerprint density at radius 3 is 2.64 bits per heavy atom. The Hall–Kier alpha value is -4.31. The molecule has 5 rings (SSSR count). The molecular formula is C24H17N7OS. The summed E-state index contributed by atoms with van der Waals surface area (Å²) in [4.78, 5) is 7.77. The topological polar surface area (TPSA) is 131 Å². The standard InChI is InChI=1S/C24H17N7OS/c25-13-15(22-18(14-26)23(27)31(30-22)16-6-2-1-3-7-16)12-17-10-11-21(32-17)33-24-28-19-8-4-5-9-20(19)29-24/h1-12,18,23H,27H2,(H,28,29)/b15-12-/t18-,23+/m0/s1. The third-order valence-corrected chi connectivity index (χ3v) is 5.95. The summed E-state index contributed by atoms with van der Waals surface area (Å²) < 4.78 is 5.88. The summed E-state index contributed by atoms with van der Waals surface area (Å²) in [5.41, 5.74) is 9.39. The van der Waals surface area contributed by atoms with E-state index in [1.807, 2.05) is 54.6 Å². The van der Waals surface area contributed by atoms with Gasteiger partial charge in [-0.05, 0) is 48.2 Å². The summed E-state index contributed by atoms with van der Waals surface area (Å²) in [7, 11) is 0. The van der Waals surface area contributed by atoms with Crippen molar-refractivity contribution in [3.63, 3.8) is 0 Å². The molecule has 1 aliphatic heterocycles. The van der Waals surface area contributed by atoms with E-state index in [0.717, 1.165) is 16.7 Å². The Morgan fingerprint density at radius 1 is 1.09 bits per heavy atom. The highest BCUT2D eigenvalue weighted by Crippen LogP contribution is 2.31. The molecule has 2 aromatic carbocycles. The number of furan rings is 1. The molecule has 33 heavy (non-hydrogen) atoms. The van der Waals surface area contributed by atoms with E-state index in [0.29, 0.717) is 21.7 Å². The predicted octanol–water partition coefficient (Wildman–Crippen LogP) is 4.51. The molecule has 2 aromatic heterocycles. The number of para-hydroxylation sites is 3. The van der Waals surface area contributed by atoms with Crippen molar-refractivity contribution in [2.45, 2.75) is 16.4 Å². The smallest absolute Gasteiger partial charge is 0.174 e. The fourth-order valence-electron chi connectivity index (χ4n) is 3.56. The van der Waals surface area contributed by atoms with Gasteiger partial charge in [-0.3, -0.25) is 0 Å². The second-order valence-corrected chi connectivity index (χ2v) is 8.24. The average Bonchev–Trinajstić information content (AvgIpc) is 3.54. The van der Waals surface area contributed by atoms with Gasteiger partial charge in [0, 0.05) is 6.08 Å². The van der Waals surface area contributed by atoms with E-state index in [2.05, 4.69) is 27.2 Å². The minimum atomic E-state index is -0.754. The van der Waals surface area contributed by atoms with Crippen molar-refractivity contribution in [3.8, 4) is 12.1 Å². The lowest BCUT2D eigenvalue weighted by molar-refractivity contribution is 0.466. The summed E-state index contributed by atoms with van der Waals surface area (Å²) in [5, 5.41) is 26.9. The lowest BCUT2D eigenvalue weighted by atomic mass is 9.96. The molecule has 0 spiro atoms. The van der Waals surface area contributed by atoms with Gasteiger partial charge in [0.05, 0.1) is 34.1 Å². The van der Waals surface area contributed by atoms with Crippen molar-refractivity contribution in [1.82, 2.24) is 9.97 Å². The number of aromatic nitrogens is 2. The van der Waals surface area contributed by atoms with Crippen LogP contribution >= 0.6 is 11.8 Å². The fourth-order valence-corrected chi connectivity index (χ4v) is 4.33. The second-order valence-electron chi connectivity index (χ2n) is 7.25. The first kappa shape index (κ1) is 20.6. The molecule has 1 aliphatic rings. The van der Waals surface area contributed by atoms with Gasteiger partial charge < -0.3 is 15.1 Å². The van der Waals surface area contributed by atoms with Crippen LogP contribution < -0.4 is 10.7 Å². The van der Waals surface area contributed by atoms with E-state index < -0.39 is 12.1 Å². The lowest BCUT2D eigenvalue weighted by Crippen LogP contribution is -2.40. The van der Waals surface area contributed by atoms with Crippen LogP contribution in [-0.2, 0) is 0 Å². The number of hydrazone groups is 1. The van der Waals surface area contributed by atoms with Gasteiger partial charge in [-0.15, -0.1) is 0 Å². The van der Waals surface area contributed by atoms with E-state index in [9.17, 15) is 10.5 Å². The molecule has 8 nitrogen and oxygen atoms in total. The maximum Gasteiger partial charge on any atom is 0.174 e. The van der Waals surface area contributed by atoms with Crippen LogP contribution in [-0.4, -0.2) is 21.8 Å². The van der Waals surface area contributed by atoms with E-state index in [1.165, 1.54) is 11.8 Å². The number of hydrogen-bond donors (Lipinski definition) is 2. The molecule has 0 amide bonds. The Balaban J connectivity index is 1.41. The zero-order chi connectivity index (χ0) is 22.8. The van der Waals surface area contributed by atoms with Gasteiger partial charge in [-0.1, -0.05) is 30.3 Å². The zero-order valence-corrected chi connectivity index (χ0v) is 18.0. The maximum atomic E-state index is 9.80. The van der Waals surface area contributed by atoms with Gasteiger partial charge in [-0.2, -0.15) is 15.6 Å². The quantitative estimate of drug-likeness (QED) is 0.427. The largest absolute Gasteiger partial charge is 0.450 e. The van der Waals surface area contributed by atoms with E-state index in [-0.39, 0.29) is 5.57 Å². The summed E-state index contributed by atoms with van der Waals surface area (Å²) in [6, 6.07) is 25.0. The number of aromatic amines is 1. The fraction of sp³-hybridized carbons (Fsp3) is 0.0833. The number of nitrogens with zero attached hydrogens (tertiary/aromatic N) is 5. The Morgan fingerprint density at radius 2 is 1.88 bits per heavy atom. The molecule has 0 saturated heterocycles. The molecule has 0 saturated carbocycles. The first-order chi connectivity index (χ1) is 16.2. The summed E-state index contributed by atoms with van der Waals surface area (Å²) in [5.74, 6) is -0.285. The normalized spacial score (nSPS) is 18.2. The molecule has 0 unspecified atom stereocenters. The number of imidazole rings is 1. The zero-order valence-electron chi connectivity index (χ0n) is 17.2. The number of fused-ring (bicyclic) bond motifs is 1. The number of nitriles is 2. The van der Waals surface area contributed by atoms with E-state index in [4.69, 9.17) is 10.2 Å². The van der Waals surface area contributed by atoms with Crippen LogP contribution in [0.3, 0.4) is 0 Å². The number of nitrogens with two attached hydrogens (primary N) is 1. The highest BCUT2D eigenvalue weighted by atomic mass is 32.2. The number of allylic oxidation sites excluding steroid dienone is 1. The van der Waals surface area contributed by atoms with Crippen LogP contribution in [0, 0.1) is 28.6 Å². The summed E-state index contributed by atoms with van der Waals surface area (Å²) >= 11 is 1.35. The lowest BCUT2D eigenvalue weighted by Gasteiger charge is -2.21. The minimum absolute atomic E-state index is 0.227. The molecule has 3 N–H and O–H groups in total. The Labute approximate surface area is 193 Å². The Kier molecular flexibility index (Phi) is 5.41. The summed E-state index contributed by atoms with van der Waals surface area (Å²) in [6.45, 7) is 0. The van der Waals surface area contributed by atoms with Gasteiger partial charge >= 0.3 is 0 Å². The molecule has 0 aliphatic carbocycles. The first-order valence-electron chi connectivity index (χ1n) is 10.1. The molecule has 0 fully saturated rings. The molecular weight excluding hydrogens is 434 g/mol. The molecule has 9 heteroatoms. The number of hydrogen-bond acceptors (Lipinski definition) is 8. The van der Waals surface area contributed by atoms with Crippen LogP contribution in [0.4, 0.5) is 5.69 Å². The van der Waals surface area contributed by atoms with Gasteiger partial charge in [-0.25, -0.2) is 9.99 Å². The van der Waals surface area contributed by atoms with Crippen molar-refractivity contribution < 1.29 is 4.42 Å². The molecule has 0 bridgehead atoms. The molecule has 160 valence electrons. The summed E-state index contributed by atoms with van der Waals surface area (Å²) in [6.07, 6.45) is 0.882. The average molecular weight is 452 g/mol. The minimum Gasteiger partial charge on any atom is -0.450 e. The number of benzene rings is 2. The van der Waals surface area contributed by atoms with Crippen molar-refractivity contribution in [2.24, 2.45) is 16.8 Å². The second kappa shape index (κ2) is 8.67. The predicted molar refractivity (Wildman–Crippen MR) is 126 cm³/mol. The number of H-pyrrole nitrogens is 1. The third kappa shape index (κ3) is 3.99. The van der Waals surface area contributed by atoms with Crippen LogP contribution in [0.25, 0.3) is 17.1 Å². The molecule has 3 heterocycles. The third-order valence-electron chi connectivity index (χ3n) is 5.14. The monoisotopic (exact) mass is 451 g/mol. The van der Waals surface area contributed by atoms with Crippen molar-refractivity contribution in [1.29, 1.82) is 10.5 Å². The number of rotatable bonds is 5. The van der Waals surface area contributed by atoms with Crippen LogP contribution in [0.1, 0.15) is 5.76 Å². The van der Waals surface area contributed by atoms with Gasteiger partial charge in [0.15, 0.2) is 10.2 Å². The molecule has 2 atom stereocenters. The molecule has 0 radical (unpaired) electrons. The number of anilines is 1. The van der Waals surface area contributed by atoms with Crippen molar-refractivity contribution in [3.05, 3.63) is 78.1 Å². The van der Waals surface area contributed by atoms with Crippen LogP contribution in [0.15, 0.2) is 92.1 Å². The Bertz CT molecular complexity index is 1420. The van der Waals surface area contributed by atoms with Gasteiger partial charge in [0.2, 0.25) is 0 Å². The van der Waals surface area contributed by atoms with Crippen molar-refractivity contribution in [2.75, 3.05) is 5.01 Å².